The van der Waals surface area contributed by atoms with Crippen LogP contribution in [0.1, 0.15) is 16.1 Å². The van der Waals surface area contributed by atoms with Gasteiger partial charge in [0.2, 0.25) is 0 Å². The predicted octanol–water partition coefficient (Wildman–Crippen LogP) is 3.02. The number of benzene rings is 1. The van der Waals surface area contributed by atoms with Gasteiger partial charge in [0.1, 0.15) is 29.3 Å². The van der Waals surface area contributed by atoms with E-state index in [9.17, 15) is 9.18 Å². The second kappa shape index (κ2) is 5.88. The number of carbonyl (C=O) groups excluding carboxylic acids is 1. The van der Waals surface area contributed by atoms with Crippen LogP contribution in [-0.2, 0) is 0 Å². The van der Waals surface area contributed by atoms with Crippen molar-refractivity contribution in [1.29, 1.82) is 0 Å². The first kappa shape index (κ1) is 14.7. The zero-order valence-electron chi connectivity index (χ0n) is 12.2. The molecule has 6 nitrogen and oxygen atoms in total. The van der Waals surface area contributed by atoms with E-state index in [1.807, 2.05) is 0 Å². The minimum absolute atomic E-state index is 0.120. The number of anilines is 2. The monoisotopic (exact) mass is 312 g/mol. The van der Waals surface area contributed by atoms with Gasteiger partial charge in [-0.25, -0.2) is 9.37 Å². The zero-order valence-corrected chi connectivity index (χ0v) is 12.2. The lowest BCUT2D eigenvalue weighted by Gasteiger charge is -2.09. The molecule has 3 N–H and O–H groups in total. The van der Waals surface area contributed by atoms with Gasteiger partial charge in [-0.1, -0.05) is 23.4 Å². The molecule has 0 unspecified atom stereocenters. The van der Waals surface area contributed by atoms with Gasteiger partial charge in [-0.15, -0.1) is 0 Å². The molecular weight excluding hydrogens is 299 g/mol. The van der Waals surface area contributed by atoms with Crippen molar-refractivity contribution < 1.29 is 13.7 Å². The molecule has 0 saturated heterocycles. The van der Waals surface area contributed by atoms with E-state index < -0.39 is 11.7 Å². The Morgan fingerprint density at radius 3 is 2.65 bits per heavy atom. The fourth-order valence-electron chi connectivity index (χ4n) is 2.15. The highest BCUT2D eigenvalue weighted by atomic mass is 19.1. The fourth-order valence-corrected chi connectivity index (χ4v) is 2.15. The van der Waals surface area contributed by atoms with E-state index in [4.69, 9.17) is 10.3 Å². The van der Waals surface area contributed by atoms with Gasteiger partial charge in [-0.3, -0.25) is 4.79 Å². The van der Waals surface area contributed by atoms with Crippen molar-refractivity contribution in [2.24, 2.45) is 0 Å². The maximum atomic E-state index is 13.8. The Labute approximate surface area is 131 Å². The molecule has 0 aliphatic heterocycles. The van der Waals surface area contributed by atoms with E-state index in [1.165, 1.54) is 12.3 Å². The second-order valence-electron chi connectivity index (χ2n) is 4.88. The smallest absolute Gasteiger partial charge is 0.262 e. The number of nitrogens with zero attached hydrogens (tertiary/aromatic N) is 2. The highest BCUT2D eigenvalue weighted by Crippen LogP contribution is 2.28. The number of amides is 1. The number of hydrogen-bond donors (Lipinski definition) is 2. The molecule has 7 heteroatoms. The molecule has 3 rings (SSSR count). The summed E-state index contributed by atoms with van der Waals surface area (Å²) in [5.74, 6) is -0.421. The van der Waals surface area contributed by atoms with Crippen LogP contribution in [0.2, 0.25) is 0 Å². The molecule has 0 fully saturated rings. The first-order valence-corrected chi connectivity index (χ1v) is 6.80. The van der Waals surface area contributed by atoms with E-state index in [-0.39, 0.29) is 11.6 Å². The lowest BCUT2D eigenvalue weighted by molar-refractivity contribution is 0.102. The van der Waals surface area contributed by atoms with Crippen LogP contribution in [0.3, 0.4) is 0 Å². The highest BCUT2D eigenvalue weighted by molar-refractivity contribution is 6.04. The molecule has 1 aromatic carbocycles. The number of nitrogens with one attached hydrogen (secondary N) is 1. The maximum absolute atomic E-state index is 13.8. The molecule has 1 amide bonds. The summed E-state index contributed by atoms with van der Waals surface area (Å²) in [5, 5.41) is 6.23. The summed E-state index contributed by atoms with van der Waals surface area (Å²) in [6.07, 6.45) is 1.25. The third-order valence-electron chi connectivity index (χ3n) is 3.32. The number of aryl methyl sites for hydroxylation is 1. The Morgan fingerprint density at radius 1 is 1.22 bits per heavy atom. The third kappa shape index (κ3) is 2.89. The number of halogens is 1. The van der Waals surface area contributed by atoms with Gasteiger partial charge in [-0.05, 0) is 25.1 Å². The molecule has 3 aromatic rings. The summed E-state index contributed by atoms with van der Waals surface area (Å²) in [6, 6.07) is 9.43. The van der Waals surface area contributed by atoms with E-state index in [1.54, 1.807) is 37.3 Å². The van der Waals surface area contributed by atoms with Gasteiger partial charge in [0.15, 0.2) is 0 Å². The largest absolute Gasteiger partial charge is 0.383 e. The summed E-state index contributed by atoms with van der Waals surface area (Å²) in [7, 11) is 0. The van der Waals surface area contributed by atoms with Crippen molar-refractivity contribution in [1.82, 2.24) is 10.1 Å². The van der Waals surface area contributed by atoms with E-state index in [0.29, 0.717) is 22.4 Å². The lowest BCUT2D eigenvalue weighted by Crippen LogP contribution is -2.14. The molecule has 0 saturated carbocycles. The van der Waals surface area contributed by atoms with Gasteiger partial charge in [0.05, 0.1) is 5.69 Å². The Balaban J connectivity index is 1.87. The van der Waals surface area contributed by atoms with Gasteiger partial charge < -0.3 is 15.6 Å². The number of hydrogen-bond acceptors (Lipinski definition) is 5. The number of aromatic nitrogens is 2. The molecule has 0 aliphatic rings. The molecule has 2 aromatic heterocycles. The number of carbonyl (C=O) groups is 1. The molecule has 2 heterocycles. The normalized spacial score (nSPS) is 10.5. The van der Waals surface area contributed by atoms with Crippen LogP contribution in [0.15, 0.2) is 47.2 Å². The van der Waals surface area contributed by atoms with Crippen molar-refractivity contribution >= 4 is 17.5 Å². The van der Waals surface area contributed by atoms with Crippen molar-refractivity contribution in [2.75, 3.05) is 11.1 Å². The van der Waals surface area contributed by atoms with Gasteiger partial charge in [-0.2, -0.15) is 0 Å². The third-order valence-corrected chi connectivity index (χ3v) is 3.32. The molecule has 0 spiro atoms. The van der Waals surface area contributed by atoms with E-state index in [0.717, 1.165) is 0 Å². The summed E-state index contributed by atoms with van der Waals surface area (Å²) in [6.45, 7) is 1.65. The topological polar surface area (TPSA) is 94.0 Å². The first-order valence-electron chi connectivity index (χ1n) is 6.80. The number of nitrogen functional groups attached to an aromatic ring is 1. The molecule has 23 heavy (non-hydrogen) atoms. The lowest BCUT2D eigenvalue weighted by atomic mass is 10.1. The molecule has 116 valence electrons. The van der Waals surface area contributed by atoms with Crippen LogP contribution in [0.5, 0.6) is 0 Å². The Bertz CT molecular complexity index is 876. The Kier molecular flexibility index (Phi) is 3.76. The highest BCUT2D eigenvalue weighted by Gasteiger charge is 2.15. The zero-order chi connectivity index (χ0) is 16.4. The second-order valence-corrected chi connectivity index (χ2v) is 4.88. The fraction of sp³-hybridized carbons (Fsp3) is 0.0625. The molecule has 0 bridgehead atoms. The van der Waals surface area contributed by atoms with Crippen LogP contribution in [0, 0.1) is 12.7 Å². The number of pyridine rings is 1. The van der Waals surface area contributed by atoms with Crippen LogP contribution < -0.4 is 11.1 Å². The summed E-state index contributed by atoms with van der Waals surface area (Å²) in [5.41, 5.74) is 7.48. The number of nitrogens with two attached hydrogens (primary N) is 1. The standard InChI is InChI=1S/C16H13FN4O2/c1-9-12(8-23-21-9)16(22)20-14-7-6-11(15(18)19-14)10-4-2-3-5-13(10)17/h2-8H,1H3,(H3,18,19,20,22). The van der Waals surface area contributed by atoms with Gasteiger partial charge in [0, 0.05) is 11.1 Å². The first-order chi connectivity index (χ1) is 11.1. The molecule has 0 atom stereocenters. The molecule has 0 aliphatic carbocycles. The Hall–Kier alpha value is -3.22. The summed E-state index contributed by atoms with van der Waals surface area (Å²) >= 11 is 0. The maximum Gasteiger partial charge on any atom is 0.262 e. The molecular formula is C16H13FN4O2. The Morgan fingerprint density at radius 2 is 2.00 bits per heavy atom. The minimum atomic E-state index is -0.408. The average molecular weight is 312 g/mol. The molecule has 0 radical (unpaired) electrons. The van der Waals surface area contributed by atoms with Crippen LogP contribution in [0.25, 0.3) is 11.1 Å². The van der Waals surface area contributed by atoms with Crippen molar-refractivity contribution in [2.45, 2.75) is 6.92 Å². The predicted molar refractivity (Wildman–Crippen MR) is 83.2 cm³/mol. The number of rotatable bonds is 3. The average Bonchev–Trinajstić information content (AvgIpc) is 2.95. The van der Waals surface area contributed by atoms with Crippen LogP contribution >= 0.6 is 0 Å². The van der Waals surface area contributed by atoms with Crippen LogP contribution in [0.4, 0.5) is 16.0 Å². The van der Waals surface area contributed by atoms with E-state index in [2.05, 4.69) is 15.5 Å². The van der Waals surface area contributed by atoms with Gasteiger partial charge >= 0.3 is 0 Å². The van der Waals surface area contributed by atoms with Crippen molar-refractivity contribution in [3.63, 3.8) is 0 Å². The van der Waals surface area contributed by atoms with Crippen LogP contribution in [-0.4, -0.2) is 16.0 Å². The van der Waals surface area contributed by atoms with Gasteiger partial charge in [0.25, 0.3) is 5.91 Å². The van der Waals surface area contributed by atoms with E-state index >= 15 is 0 Å². The quantitative estimate of drug-likeness (QED) is 0.775. The van der Waals surface area contributed by atoms with Crippen molar-refractivity contribution in [3.05, 3.63) is 59.7 Å². The van der Waals surface area contributed by atoms with Crippen molar-refractivity contribution in [3.8, 4) is 11.1 Å². The minimum Gasteiger partial charge on any atom is -0.383 e. The summed E-state index contributed by atoms with van der Waals surface area (Å²) in [4.78, 5) is 16.2. The SMILES string of the molecule is Cc1nocc1C(=O)Nc1ccc(-c2ccccc2F)c(N)n1. The summed E-state index contributed by atoms with van der Waals surface area (Å²) < 4.78 is 18.5.